The van der Waals surface area contributed by atoms with E-state index in [1.807, 2.05) is 30.3 Å². The van der Waals surface area contributed by atoms with Crippen LogP contribution in [0.25, 0.3) is 5.69 Å². The van der Waals surface area contributed by atoms with Gasteiger partial charge in [-0.1, -0.05) is 18.2 Å². The molecule has 1 aromatic carbocycles. The molecule has 0 aliphatic carbocycles. The van der Waals surface area contributed by atoms with E-state index in [0.717, 1.165) is 5.69 Å². The van der Waals surface area contributed by atoms with Crippen molar-refractivity contribution in [3.63, 3.8) is 0 Å². The molecule has 0 bridgehead atoms. The first-order valence-electron chi connectivity index (χ1n) is 7.33. The van der Waals surface area contributed by atoms with Crippen LogP contribution in [0, 0.1) is 0 Å². The average Bonchev–Trinajstić information content (AvgIpc) is 3.19. The van der Waals surface area contributed by atoms with Gasteiger partial charge in [-0.25, -0.2) is 4.21 Å². The third kappa shape index (κ3) is 3.83. The Balaban J connectivity index is 1.71. The second-order valence-corrected chi connectivity index (χ2v) is 8.04. The van der Waals surface area contributed by atoms with Crippen molar-refractivity contribution in [2.45, 2.75) is 18.1 Å². The lowest BCUT2D eigenvalue weighted by molar-refractivity contribution is -0.117. The molecular formula is C15H18N4O3S. The lowest BCUT2D eigenvalue weighted by Crippen LogP contribution is -2.21. The fourth-order valence-corrected chi connectivity index (χ4v) is 3.88. The Morgan fingerprint density at radius 2 is 2.22 bits per heavy atom. The highest BCUT2D eigenvalue weighted by atomic mass is 32.2. The van der Waals surface area contributed by atoms with Crippen LogP contribution in [0.5, 0.6) is 0 Å². The normalized spacial score (nSPS) is 20.1. The number of hydrogen-bond acceptors (Lipinski definition) is 5. The highest BCUT2D eigenvalue weighted by Gasteiger charge is 2.25. The zero-order chi connectivity index (χ0) is 16.3. The maximum absolute atomic E-state index is 12.5. The van der Waals surface area contributed by atoms with E-state index >= 15 is 0 Å². The Labute approximate surface area is 134 Å². The number of benzene rings is 1. The maximum Gasteiger partial charge on any atom is 0.259 e. The predicted molar refractivity (Wildman–Crippen MR) is 85.8 cm³/mol. The minimum absolute atomic E-state index is 0.00869. The van der Waals surface area contributed by atoms with E-state index in [0.29, 0.717) is 25.3 Å². The first-order chi connectivity index (χ1) is 11.0. The second-order valence-electron chi connectivity index (χ2n) is 5.47. The SMILES string of the molecule is CS(=O)(=NC(=O)Cc1cnn(-c2ccccc2)n1)C1CCOC1. The Hall–Kier alpha value is -2.06. The summed E-state index contributed by atoms with van der Waals surface area (Å²) in [6.07, 6.45) is 3.71. The Bertz CT molecular complexity index is 803. The predicted octanol–water partition coefficient (Wildman–Crippen LogP) is 1.22. The third-order valence-corrected chi connectivity index (χ3v) is 5.82. The monoisotopic (exact) mass is 334 g/mol. The third-order valence-electron chi connectivity index (χ3n) is 3.65. The summed E-state index contributed by atoms with van der Waals surface area (Å²) in [5.41, 5.74) is 1.31. The van der Waals surface area contributed by atoms with E-state index in [2.05, 4.69) is 14.6 Å². The first kappa shape index (κ1) is 15.8. The molecule has 0 saturated carbocycles. The summed E-state index contributed by atoms with van der Waals surface area (Å²) in [4.78, 5) is 13.5. The van der Waals surface area contributed by atoms with Crippen molar-refractivity contribution in [1.82, 2.24) is 15.0 Å². The number of rotatable bonds is 4. The molecule has 1 amide bonds. The summed E-state index contributed by atoms with van der Waals surface area (Å²) in [7, 11) is -2.58. The maximum atomic E-state index is 12.5. The van der Waals surface area contributed by atoms with E-state index in [1.54, 1.807) is 0 Å². The van der Waals surface area contributed by atoms with Crippen LogP contribution in [-0.4, -0.2) is 49.8 Å². The molecule has 1 aliphatic heterocycles. The molecule has 23 heavy (non-hydrogen) atoms. The molecule has 7 nitrogen and oxygen atoms in total. The smallest absolute Gasteiger partial charge is 0.259 e. The van der Waals surface area contributed by atoms with E-state index < -0.39 is 15.6 Å². The van der Waals surface area contributed by atoms with Crippen molar-refractivity contribution in [1.29, 1.82) is 0 Å². The number of amides is 1. The minimum atomic E-state index is -2.58. The zero-order valence-corrected chi connectivity index (χ0v) is 13.6. The first-order valence-corrected chi connectivity index (χ1v) is 9.31. The Morgan fingerprint density at radius 3 is 2.91 bits per heavy atom. The fourth-order valence-electron chi connectivity index (χ4n) is 2.38. The van der Waals surface area contributed by atoms with E-state index in [9.17, 15) is 9.00 Å². The summed E-state index contributed by atoms with van der Waals surface area (Å²) in [6.45, 7) is 0.973. The summed E-state index contributed by atoms with van der Waals surface area (Å²) in [5.74, 6) is -0.440. The van der Waals surface area contributed by atoms with E-state index in [1.165, 1.54) is 17.2 Å². The summed E-state index contributed by atoms with van der Waals surface area (Å²) in [5, 5.41) is 8.21. The standard InChI is InChI=1S/C15H18N4O3S/c1-23(21,14-7-8-22-11-14)18-15(20)9-12-10-16-19(17-12)13-5-3-2-4-6-13/h2-6,10,14H,7-9,11H2,1H3. The van der Waals surface area contributed by atoms with Crippen LogP contribution < -0.4 is 0 Å². The minimum Gasteiger partial charge on any atom is -0.380 e. The molecule has 0 N–H and O–H groups in total. The van der Waals surface area contributed by atoms with Crippen molar-refractivity contribution in [2.24, 2.45) is 4.36 Å². The fraction of sp³-hybridized carbons (Fsp3) is 0.400. The molecule has 0 radical (unpaired) electrons. The average molecular weight is 334 g/mol. The topological polar surface area (TPSA) is 86.4 Å². The molecular weight excluding hydrogens is 316 g/mol. The van der Waals surface area contributed by atoms with Crippen LogP contribution in [0.1, 0.15) is 12.1 Å². The Kier molecular flexibility index (Phi) is 4.53. The number of carbonyl (C=O) groups is 1. The molecule has 8 heteroatoms. The van der Waals surface area contributed by atoms with Crippen molar-refractivity contribution in [2.75, 3.05) is 19.5 Å². The van der Waals surface area contributed by atoms with Gasteiger partial charge >= 0.3 is 0 Å². The number of aromatic nitrogens is 3. The molecule has 1 aliphatic rings. The number of carbonyl (C=O) groups excluding carboxylic acids is 1. The quantitative estimate of drug-likeness (QED) is 0.839. The van der Waals surface area contributed by atoms with Gasteiger partial charge in [0.15, 0.2) is 0 Å². The van der Waals surface area contributed by atoms with Gasteiger partial charge in [-0.3, -0.25) is 4.79 Å². The lowest BCUT2D eigenvalue weighted by Gasteiger charge is -2.09. The van der Waals surface area contributed by atoms with Crippen LogP contribution >= 0.6 is 0 Å². The molecule has 1 aromatic heterocycles. The van der Waals surface area contributed by atoms with Crippen LogP contribution in [-0.2, 0) is 25.7 Å². The van der Waals surface area contributed by atoms with Gasteiger partial charge in [0.2, 0.25) is 0 Å². The van der Waals surface area contributed by atoms with E-state index in [4.69, 9.17) is 4.74 Å². The Morgan fingerprint density at radius 1 is 1.43 bits per heavy atom. The summed E-state index contributed by atoms with van der Waals surface area (Å²) in [6, 6.07) is 9.41. The van der Waals surface area contributed by atoms with Gasteiger partial charge in [0, 0.05) is 12.9 Å². The van der Waals surface area contributed by atoms with Gasteiger partial charge in [-0.15, -0.1) is 0 Å². The van der Waals surface area contributed by atoms with Crippen LogP contribution in [0.15, 0.2) is 40.9 Å². The zero-order valence-electron chi connectivity index (χ0n) is 12.8. The molecule has 3 rings (SSSR count). The van der Waals surface area contributed by atoms with Crippen LogP contribution in [0.4, 0.5) is 0 Å². The van der Waals surface area contributed by atoms with Gasteiger partial charge < -0.3 is 4.74 Å². The number of ether oxygens (including phenoxy) is 1. The second kappa shape index (κ2) is 6.59. The summed E-state index contributed by atoms with van der Waals surface area (Å²) < 4.78 is 21.6. The molecule has 2 heterocycles. The largest absolute Gasteiger partial charge is 0.380 e. The van der Waals surface area contributed by atoms with Crippen molar-refractivity contribution >= 4 is 15.6 Å². The number of para-hydroxylation sites is 1. The van der Waals surface area contributed by atoms with Gasteiger partial charge in [0.1, 0.15) is 0 Å². The van der Waals surface area contributed by atoms with Crippen molar-refractivity contribution in [3.05, 3.63) is 42.2 Å². The van der Waals surface area contributed by atoms with Crippen molar-refractivity contribution in [3.8, 4) is 5.69 Å². The molecule has 0 spiro atoms. The highest BCUT2D eigenvalue weighted by Crippen LogP contribution is 2.15. The summed E-state index contributed by atoms with van der Waals surface area (Å²) >= 11 is 0. The molecule has 2 aromatic rings. The van der Waals surface area contributed by atoms with Gasteiger partial charge in [-0.2, -0.15) is 19.4 Å². The van der Waals surface area contributed by atoms with Crippen LogP contribution in [0.3, 0.4) is 0 Å². The van der Waals surface area contributed by atoms with Crippen LogP contribution in [0.2, 0.25) is 0 Å². The number of hydrogen-bond donors (Lipinski definition) is 0. The lowest BCUT2D eigenvalue weighted by atomic mass is 10.3. The molecule has 2 atom stereocenters. The van der Waals surface area contributed by atoms with Gasteiger partial charge in [0.05, 0.1) is 45.6 Å². The van der Waals surface area contributed by atoms with Gasteiger partial charge in [0.25, 0.3) is 5.91 Å². The van der Waals surface area contributed by atoms with E-state index in [-0.39, 0.29) is 11.7 Å². The van der Waals surface area contributed by atoms with Gasteiger partial charge in [-0.05, 0) is 18.6 Å². The van der Waals surface area contributed by atoms with Crippen molar-refractivity contribution < 1.29 is 13.7 Å². The number of nitrogens with zero attached hydrogens (tertiary/aromatic N) is 4. The highest BCUT2D eigenvalue weighted by molar-refractivity contribution is 7.93. The molecule has 1 fully saturated rings. The molecule has 122 valence electrons. The molecule has 1 saturated heterocycles. The molecule has 2 unspecified atom stereocenters.